The first-order chi connectivity index (χ1) is 10.0. The molecule has 2 aromatic rings. The lowest BCUT2D eigenvalue weighted by Gasteiger charge is -2.26. The van der Waals surface area contributed by atoms with E-state index in [1.54, 1.807) is 18.5 Å². The second kappa shape index (κ2) is 5.57. The van der Waals surface area contributed by atoms with Gasteiger partial charge in [-0.05, 0) is 17.7 Å². The molecule has 1 aromatic heterocycles. The summed E-state index contributed by atoms with van der Waals surface area (Å²) < 4.78 is 28.7. The molecular weight excluding hydrogens is 335 g/mol. The van der Waals surface area contributed by atoms with Crippen LogP contribution in [0.25, 0.3) is 0 Å². The lowest BCUT2D eigenvalue weighted by atomic mass is 10.2. The van der Waals surface area contributed by atoms with Crippen LogP contribution in [0.1, 0.15) is 11.4 Å². The second-order valence-electron chi connectivity index (χ2n) is 4.68. The molecule has 2 heterocycles. The van der Waals surface area contributed by atoms with Gasteiger partial charge in [0.1, 0.15) is 17.0 Å². The lowest BCUT2D eigenvalue weighted by Crippen LogP contribution is -2.38. The summed E-state index contributed by atoms with van der Waals surface area (Å²) in [4.78, 5) is 0.0790. The fourth-order valence-electron chi connectivity index (χ4n) is 2.22. The van der Waals surface area contributed by atoms with Crippen molar-refractivity contribution >= 4 is 33.2 Å². The smallest absolute Gasteiger partial charge is 0.245 e. The number of nitrogens with zero attached hydrogens (tertiary/aromatic N) is 4. The van der Waals surface area contributed by atoms with Gasteiger partial charge in [0.05, 0.1) is 11.6 Å². The molecule has 9 heteroatoms. The maximum atomic E-state index is 12.7. The number of alkyl halides is 1. The molecule has 3 rings (SSSR count). The highest BCUT2D eigenvalue weighted by atomic mass is 35.5. The predicted octanol–water partition coefficient (Wildman–Crippen LogP) is 1.87. The Bertz CT molecular complexity index is 775. The highest BCUT2D eigenvalue weighted by Crippen LogP contribution is 2.28. The van der Waals surface area contributed by atoms with E-state index in [0.717, 1.165) is 0 Å². The molecule has 0 amide bonds. The van der Waals surface area contributed by atoms with E-state index in [2.05, 4.69) is 10.2 Å². The fraction of sp³-hybridized carbons (Fsp3) is 0.333. The van der Waals surface area contributed by atoms with E-state index in [9.17, 15) is 8.42 Å². The van der Waals surface area contributed by atoms with Crippen LogP contribution in [-0.2, 0) is 29.0 Å². The third-order valence-electron chi connectivity index (χ3n) is 3.37. The molecule has 0 unspecified atom stereocenters. The first kappa shape index (κ1) is 14.8. The van der Waals surface area contributed by atoms with Crippen LogP contribution < -0.4 is 0 Å². The zero-order valence-corrected chi connectivity index (χ0v) is 13.2. The summed E-state index contributed by atoms with van der Waals surface area (Å²) in [5.74, 6) is 0.850. The Balaban J connectivity index is 1.98. The summed E-state index contributed by atoms with van der Waals surface area (Å²) >= 11 is 11.8. The molecule has 21 heavy (non-hydrogen) atoms. The molecule has 0 aliphatic carbocycles. The van der Waals surface area contributed by atoms with Crippen molar-refractivity contribution in [1.29, 1.82) is 0 Å². The highest BCUT2D eigenvalue weighted by molar-refractivity contribution is 7.89. The van der Waals surface area contributed by atoms with Crippen LogP contribution in [0.3, 0.4) is 0 Å². The SMILES string of the molecule is O=S(=O)(c1cc(CCl)ccc1Cl)N1CCn2cnnc2C1. The molecule has 1 aliphatic heterocycles. The Labute approximate surface area is 132 Å². The van der Waals surface area contributed by atoms with E-state index in [0.29, 0.717) is 24.5 Å². The summed E-state index contributed by atoms with van der Waals surface area (Å²) in [5.41, 5.74) is 0.708. The van der Waals surface area contributed by atoms with E-state index in [-0.39, 0.29) is 22.3 Å². The molecule has 0 radical (unpaired) electrons. The van der Waals surface area contributed by atoms with Crippen molar-refractivity contribution in [2.24, 2.45) is 0 Å². The van der Waals surface area contributed by atoms with E-state index >= 15 is 0 Å². The summed E-state index contributed by atoms with van der Waals surface area (Å²) in [6.45, 7) is 1.06. The number of benzene rings is 1. The maximum Gasteiger partial charge on any atom is 0.245 e. The Morgan fingerprint density at radius 2 is 2.10 bits per heavy atom. The molecule has 0 N–H and O–H groups in total. The summed E-state index contributed by atoms with van der Waals surface area (Å²) in [6.07, 6.45) is 1.60. The zero-order valence-electron chi connectivity index (χ0n) is 10.9. The summed E-state index contributed by atoms with van der Waals surface area (Å²) in [6, 6.07) is 4.78. The Kier molecular flexibility index (Phi) is 3.92. The van der Waals surface area contributed by atoms with Gasteiger partial charge in [0, 0.05) is 19.0 Å². The van der Waals surface area contributed by atoms with Gasteiger partial charge in [-0.1, -0.05) is 17.7 Å². The van der Waals surface area contributed by atoms with Crippen molar-refractivity contribution in [3.8, 4) is 0 Å². The Morgan fingerprint density at radius 1 is 1.29 bits per heavy atom. The average Bonchev–Trinajstić information content (AvgIpc) is 2.95. The van der Waals surface area contributed by atoms with Gasteiger partial charge < -0.3 is 4.57 Å². The average molecular weight is 347 g/mol. The number of halogens is 2. The van der Waals surface area contributed by atoms with Gasteiger partial charge in [-0.15, -0.1) is 21.8 Å². The van der Waals surface area contributed by atoms with E-state index in [1.165, 1.54) is 10.4 Å². The fourth-order valence-corrected chi connectivity index (χ4v) is 4.29. The molecule has 0 spiro atoms. The van der Waals surface area contributed by atoms with Crippen molar-refractivity contribution < 1.29 is 8.42 Å². The number of hydrogen-bond donors (Lipinski definition) is 0. The largest absolute Gasteiger partial charge is 0.315 e. The van der Waals surface area contributed by atoms with Crippen LogP contribution in [0.2, 0.25) is 5.02 Å². The number of fused-ring (bicyclic) bond motifs is 1. The number of sulfonamides is 1. The lowest BCUT2D eigenvalue weighted by molar-refractivity contribution is 0.335. The Hall–Kier alpha value is -1.15. The number of hydrogen-bond acceptors (Lipinski definition) is 4. The zero-order chi connectivity index (χ0) is 15.0. The maximum absolute atomic E-state index is 12.7. The first-order valence-electron chi connectivity index (χ1n) is 6.23. The van der Waals surface area contributed by atoms with Crippen molar-refractivity contribution in [2.45, 2.75) is 23.9 Å². The minimum absolute atomic E-state index is 0.0790. The number of rotatable bonds is 3. The Morgan fingerprint density at radius 3 is 2.86 bits per heavy atom. The topological polar surface area (TPSA) is 68.1 Å². The van der Waals surface area contributed by atoms with Crippen molar-refractivity contribution in [3.63, 3.8) is 0 Å². The molecular formula is C12H12Cl2N4O2S. The normalized spacial score (nSPS) is 15.9. The monoisotopic (exact) mass is 346 g/mol. The van der Waals surface area contributed by atoms with Gasteiger partial charge in [-0.2, -0.15) is 4.31 Å². The van der Waals surface area contributed by atoms with Gasteiger partial charge >= 0.3 is 0 Å². The minimum atomic E-state index is -3.68. The summed E-state index contributed by atoms with van der Waals surface area (Å²) in [5, 5.41) is 7.90. The standard InChI is InChI=1S/C12H12Cl2N4O2S/c13-6-9-1-2-10(14)11(5-9)21(19,20)18-4-3-17-8-15-16-12(17)7-18/h1-2,5,8H,3-4,6-7H2. The van der Waals surface area contributed by atoms with E-state index in [1.807, 2.05) is 4.57 Å². The molecule has 6 nitrogen and oxygen atoms in total. The van der Waals surface area contributed by atoms with Crippen molar-refractivity contribution in [2.75, 3.05) is 6.54 Å². The molecule has 1 aliphatic rings. The molecule has 0 bridgehead atoms. The number of aromatic nitrogens is 3. The van der Waals surface area contributed by atoms with Crippen LogP contribution in [0.15, 0.2) is 29.4 Å². The van der Waals surface area contributed by atoms with Crippen molar-refractivity contribution in [3.05, 3.63) is 40.9 Å². The van der Waals surface area contributed by atoms with Crippen LogP contribution >= 0.6 is 23.2 Å². The third-order valence-corrected chi connectivity index (χ3v) is 6.01. The van der Waals surface area contributed by atoms with E-state index < -0.39 is 10.0 Å². The minimum Gasteiger partial charge on any atom is -0.315 e. The van der Waals surface area contributed by atoms with Gasteiger partial charge in [0.15, 0.2) is 0 Å². The molecule has 0 atom stereocenters. The second-order valence-corrected chi connectivity index (χ2v) is 7.26. The molecule has 1 aromatic carbocycles. The van der Waals surface area contributed by atoms with Gasteiger partial charge in [0.25, 0.3) is 0 Å². The predicted molar refractivity (Wildman–Crippen MR) is 78.6 cm³/mol. The molecule has 0 fully saturated rings. The van der Waals surface area contributed by atoms with Crippen LogP contribution in [-0.4, -0.2) is 34.0 Å². The van der Waals surface area contributed by atoms with Gasteiger partial charge in [-0.25, -0.2) is 8.42 Å². The summed E-state index contributed by atoms with van der Waals surface area (Å²) in [7, 11) is -3.68. The quantitative estimate of drug-likeness (QED) is 0.795. The van der Waals surface area contributed by atoms with Crippen LogP contribution in [0.4, 0.5) is 0 Å². The molecule has 112 valence electrons. The molecule has 0 saturated carbocycles. The van der Waals surface area contributed by atoms with Gasteiger partial charge in [0.2, 0.25) is 10.0 Å². The van der Waals surface area contributed by atoms with Crippen LogP contribution in [0.5, 0.6) is 0 Å². The third kappa shape index (κ3) is 2.66. The first-order valence-corrected chi connectivity index (χ1v) is 8.59. The molecule has 0 saturated heterocycles. The van der Waals surface area contributed by atoms with Gasteiger partial charge in [-0.3, -0.25) is 0 Å². The van der Waals surface area contributed by atoms with E-state index in [4.69, 9.17) is 23.2 Å². The highest BCUT2D eigenvalue weighted by Gasteiger charge is 2.31. The van der Waals surface area contributed by atoms with Crippen LogP contribution in [0, 0.1) is 0 Å². The van der Waals surface area contributed by atoms with Crippen molar-refractivity contribution in [1.82, 2.24) is 19.1 Å².